The summed E-state index contributed by atoms with van der Waals surface area (Å²) in [6.07, 6.45) is 1.19. The zero-order valence-electron chi connectivity index (χ0n) is 13.0. The van der Waals surface area contributed by atoms with Crippen molar-refractivity contribution in [1.29, 1.82) is 0 Å². The van der Waals surface area contributed by atoms with E-state index in [4.69, 9.17) is 9.47 Å². The minimum Gasteiger partial charge on any atom is -0.490 e. The first-order valence-corrected chi connectivity index (χ1v) is 8.16. The highest BCUT2D eigenvalue weighted by Gasteiger charge is 2.11. The summed E-state index contributed by atoms with van der Waals surface area (Å²) < 4.78 is 12.3. The first-order chi connectivity index (χ1) is 9.58. The van der Waals surface area contributed by atoms with Crippen LogP contribution in [0.15, 0.2) is 16.6 Å². The Bertz CT molecular complexity index is 408. The minimum atomic E-state index is 0.630. The quantitative estimate of drug-likeness (QED) is 0.674. The molecule has 0 amide bonds. The molecule has 4 heteroatoms. The number of hydrogen-bond acceptors (Lipinski definition) is 3. The predicted octanol–water partition coefficient (Wildman–Crippen LogP) is 4.38. The summed E-state index contributed by atoms with van der Waals surface area (Å²) in [4.78, 5) is 0. The van der Waals surface area contributed by atoms with Crippen molar-refractivity contribution in [2.24, 2.45) is 5.92 Å². The minimum absolute atomic E-state index is 0.630. The van der Waals surface area contributed by atoms with E-state index in [-0.39, 0.29) is 0 Å². The third-order valence-electron chi connectivity index (χ3n) is 2.89. The van der Waals surface area contributed by atoms with Crippen LogP contribution < -0.4 is 14.8 Å². The van der Waals surface area contributed by atoms with E-state index in [1.54, 1.807) is 0 Å². The Balaban J connectivity index is 2.72. The lowest BCUT2D eigenvalue weighted by Gasteiger charge is -2.15. The highest BCUT2D eigenvalue weighted by atomic mass is 79.9. The van der Waals surface area contributed by atoms with Gasteiger partial charge < -0.3 is 14.8 Å². The molecule has 1 rings (SSSR count). The number of halogens is 1. The van der Waals surface area contributed by atoms with E-state index in [0.29, 0.717) is 13.2 Å². The van der Waals surface area contributed by atoms with Crippen LogP contribution in [-0.4, -0.2) is 19.8 Å². The summed E-state index contributed by atoms with van der Waals surface area (Å²) in [5.41, 5.74) is 1.20. The number of rotatable bonds is 9. The first kappa shape index (κ1) is 17.3. The largest absolute Gasteiger partial charge is 0.490 e. The summed E-state index contributed by atoms with van der Waals surface area (Å²) in [6.45, 7) is 11.6. The fourth-order valence-corrected chi connectivity index (χ4v) is 2.50. The fourth-order valence-electron chi connectivity index (χ4n) is 1.89. The molecule has 0 saturated carbocycles. The van der Waals surface area contributed by atoms with Crippen LogP contribution >= 0.6 is 15.9 Å². The zero-order chi connectivity index (χ0) is 15.0. The molecule has 20 heavy (non-hydrogen) atoms. The van der Waals surface area contributed by atoms with Gasteiger partial charge in [-0.1, -0.05) is 13.8 Å². The van der Waals surface area contributed by atoms with E-state index in [2.05, 4.69) is 47.2 Å². The lowest BCUT2D eigenvalue weighted by Crippen LogP contribution is -2.16. The molecule has 114 valence electrons. The molecule has 0 spiro atoms. The Kier molecular flexibility index (Phi) is 8.00. The van der Waals surface area contributed by atoms with Crippen molar-refractivity contribution >= 4 is 15.9 Å². The van der Waals surface area contributed by atoms with Gasteiger partial charge in [-0.3, -0.25) is 0 Å². The van der Waals surface area contributed by atoms with Gasteiger partial charge in [0.1, 0.15) is 0 Å². The second-order valence-corrected chi connectivity index (χ2v) is 5.98. The lowest BCUT2D eigenvalue weighted by molar-refractivity contribution is 0.286. The summed E-state index contributed by atoms with van der Waals surface area (Å²) in [5.74, 6) is 2.33. The van der Waals surface area contributed by atoms with Gasteiger partial charge in [0.25, 0.3) is 0 Å². The van der Waals surface area contributed by atoms with Crippen molar-refractivity contribution < 1.29 is 9.47 Å². The van der Waals surface area contributed by atoms with Gasteiger partial charge in [0.2, 0.25) is 0 Å². The molecule has 0 unspecified atom stereocenters. The zero-order valence-corrected chi connectivity index (χ0v) is 14.5. The molecule has 1 aromatic carbocycles. The van der Waals surface area contributed by atoms with Crippen LogP contribution in [0.5, 0.6) is 11.5 Å². The Morgan fingerprint density at radius 3 is 2.45 bits per heavy atom. The van der Waals surface area contributed by atoms with Crippen molar-refractivity contribution in [3.05, 3.63) is 22.2 Å². The van der Waals surface area contributed by atoms with E-state index in [0.717, 1.165) is 35.0 Å². The van der Waals surface area contributed by atoms with Crippen molar-refractivity contribution in [2.45, 2.75) is 40.7 Å². The molecule has 0 aromatic heterocycles. The maximum Gasteiger partial charge on any atom is 0.175 e. The molecule has 0 bridgehead atoms. The Morgan fingerprint density at radius 2 is 1.85 bits per heavy atom. The van der Waals surface area contributed by atoms with Crippen LogP contribution in [0, 0.1) is 5.92 Å². The topological polar surface area (TPSA) is 30.5 Å². The summed E-state index contributed by atoms with van der Waals surface area (Å²) in [5, 5.41) is 3.46. The van der Waals surface area contributed by atoms with Gasteiger partial charge in [0.15, 0.2) is 11.5 Å². The van der Waals surface area contributed by atoms with Gasteiger partial charge in [0.05, 0.1) is 17.7 Å². The van der Waals surface area contributed by atoms with Crippen molar-refractivity contribution in [1.82, 2.24) is 5.32 Å². The van der Waals surface area contributed by atoms with Gasteiger partial charge in [-0.2, -0.15) is 0 Å². The van der Waals surface area contributed by atoms with Crippen LogP contribution in [0.25, 0.3) is 0 Å². The van der Waals surface area contributed by atoms with E-state index in [1.807, 2.05) is 13.8 Å². The first-order valence-electron chi connectivity index (χ1n) is 7.37. The van der Waals surface area contributed by atoms with Crippen LogP contribution in [0.3, 0.4) is 0 Å². The lowest BCUT2D eigenvalue weighted by atomic mass is 10.1. The van der Waals surface area contributed by atoms with Gasteiger partial charge in [-0.25, -0.2) is 0 Å². The summed E-state index contributed by atoms with van der Waals surface area (Å²) >= 11 is 3.57. The Labute approximate surface area is 131 Å². The predicted molar refractivity (Wildman–Crippen MR) is 87.6 cm³/mol. The SMILES string of the molecule is CCOc1cc(CNCCC(C)C)cc(Br)c1OCC. The smallest absolute Gasteiger partial charge is 0.175 e. The Hall–Kier alpha value is -0.740. The van der Waals surface area contributed by atoms with Crippen LogP contribution in [0.2, 0.25) is 0 Å². The molecule has 0 aliphatic carbocycles. The Morgan fingerprint density at radius 1 is 1.15 bits per heavy atom. The molecule has 0 fully saturated rings. The van der Waals surface area contributed by atoms with Crippen molar-refractivity contribution in [2.75, 3.05) is 19.8 Å². The van der Waals surface area contributed by atoms with E-state index >= 15 is 0 Å². The highest BCUT2D eigenvalue weighted by molar-refractivity contribution is 9.10. The summed E-state index contributed by atoms with van der Waals surface area (Å²) in [6, 6.07) is 4.15. The van der Waals surface area contributed by atoms with Crippen molar-refractivity contribution in [3.8, 4) is 11.5 Å². The molecule has 1 N–H and O–H groups in total. The maximum atomic E-state index is 5.67. The number of hydrogen-bond donors (Lipinski definition) is 1. The van der Waals surface area contributed by atoms with E-state index in [9.17, 15) is 0 Å². The highest BCUT2D eigenvalue weighted by Crippen LogP contribution is 2.36. The molecule has 0 aliphatic rings. The number of nitrogens with one attached hydrogen (secondary N) is 1. The third kappa shape index (κ3) is 5.71. The normalized spacial score (nSPS) is 10.9. The fraction of sp³-hybridized carbons (Fsp3) is 0.625. The average Bonchev–Trinajstić information content (AvgIpc) is 2.39. The molecule has 0 saturated heterocycles. The molecule has 0 radical (unpaired) electrons. The van der Waals surface area contributed by atoms with Crippen molar-refractivity contribution in [3.63, 3.8) is 0 Å². The number of ether oxygens (including phenoxy) is 2. The van der Waals surface area contributed by atoms with Crippen LogP contribution in [0.1, 0.15) is 39.7 Å². The van der Waals surface area contributed by atoms with Gasteiger partial charge in [-0.05, 0) is 66.4 Å². The second kappa shape index (κ2) is 9.24. The molecule has 1 aromatic rings. The van der Waals surface area contributed by atoms with Crippen LogP contribution in [-0.2, 0) is 6.54 Å². The summed E-state index contributed by atoms with van der Waals surface area (Å²) in [7, 11) is 0. The third-order valence-corrected chi connectivity index (χ3v) is 3.47. The molecule has 3 nitrogen and oxygen atoms in total. The maximum absolute atomic E-state index is 5.67. The average molecular weight is 344 g/mol. The molecule has 0 heterocycles. The second-order valence-electron chi connectivity index (χ2n) is 5.13. The van der Waals surface area contributed by atoms with Gasteiger partial charge in [0, 0.05) is 6.54 Å². The van der Waals surface area contributed by atoms with Gasteiger partial charge in [-0.15, -0.1) is 0 Å². The molecular formula is C16H26BrNO2. The van der Waals surface area contributed by atoms with E-state index < -0.39 is 0 Å². The molecule has 0 atom stereocenters. The van der Waals surface area contributed by atoms with Crippen LogP contribution in [0.4, 0.5) is 0 Å². The monoisotopic (exact) mass is 343 g/mol. The number of benzene rings is 1. The molecule has 0 aliphatic heterocycles. The van der Waals surface area contributed by atoms with E-state index in [1.165, 1.54) is 12.0 Å². The standard InChI is InChI=1S/C16H26BrNO2/c1-5-19-15-10-13(11-18-8-7-12(3)4)9-14(17)16(15)20-6-2/h9-10,12,18H,5-8,11H2,1-4H3. The molecular weight excluding hydrogens is 318 g/mol. The van der Waals surface area contributed by atoms with Gasteiger partial charge >= 0.3 is 0 Å².